The van der Waals surface area contributed by atoms with E-state index < -0.39 is 17.2 Å². The summed E-state index contributed by atoms with van der Waals surface area (Å²) in [5, 5.41) is 10.8. The number of hydrogen-bond donors (Lipinski definition) is 1. The van der Waals surface area contributed by atoms with Crippen LogP contribution in [0.1, 0.15) is 18.1 Å². The lowest BCUT2D eigenvalue weighted by atomic mass is 9.86. The first-order valence-electron chi connectivity index (χ1n) is 6.30. The highest BCUT2D eigenvalue weighted by Crippen LogP contribution is 2.41. The highest BCUT2D eigenvalue weighted by Gasteiger charge is 2.33. The van der Waals surface area contributed by atoms with Gasteiger partial charge in [-0.2, -0.15) is 0 Å². The molecule has 3 nitrogen and oxygen atoms in total. The van der Waals surface area contributed by atoms with E-state index in [9.17, 15) is 13.9 Å². The van der Waals surface area contributed by atoms with Crippen molar-refractivity contribution in [3.8, 4) is 11.5 Å². The van der Waals surface area contributed by atoms with E-state index in [2.05, 4.69) is 0 Å². The van der Waals surface area contributed by atoms with Crippen LogP contribution in [0.4, 0.5) is 8.78 Å². The van der Waals surface area contributed by atoms with Crippen LogP contribution in [-0.2, 0) is 5.60 Å². The number of benzene rings is 2. The molecule has 1 unspecified atom stereocenters. The molecule has 112 valence electrons. The van der Waals surface area contributed by atoms with Gasteiger partial charge in [-0.15, -0.1) is 0 Å². The van der Waals surface area contributed by atoms with Crippen LogP contribution in [0.3, 0.4) is 0 Å². The van der Waals surface area contributed by atoms with E-state index in [0.717, 1.165) is 18.2 Å². The minimum absolute atomic E-state index is 0.0720. The molecular weight excluding hydrogens is 278 g/mol. The van der Waals surface area contributed by atoms with Crippen molar-refractivity contribution in [2.45, 2.75) is 12.5 Å². The molecule has 21 heavy (non-hydrogen) atoms. The topological polar surface area (TPSA) is 38.7 Å². The summed E-state index contributed by atoms with van der Waals surface area (Å²) in [4.78, 5) is 0. The summed E-state index contributed by atoms with van der Waals surface area (Å²) in [5.74, 6) is -0.800. The van der Waals surface area contributed by atoms with Gasteiger partial charge >= 0.3 is 0 Å². The van der Waals surface area contributed by atoms with E-state index in [0.29, 0.717) is 17.1 Å². The number of ether oxygens (including phenoxy) is 2. The van der Waals surface area contributed by atoms with Gasteiger partial charge in [0.15, 0.2) is 0 Å². The largest absolute Gasteiger partial charge is 0.496 e. The Hall–Kier alpha value is -2.14. The van der Waals surface area contributed by atoms with E-state index in [1.807, 2.05) is 0 Å². The molecule has 0 aromatic heterocycles. The van der Waals surface area contributed by atoms with Crippen LogP contribution in [-0.4, -0.2) is 19.3 Å². The van der Waals surface area contributed by atoms with Crippen LogP contribution >= 0.6 is 0 Å². The fourth-order valence-corrected chi connectivity index (χ4v) is 2.31. The van der Waals surface area contributed by atoms with Gasteiger partial charge in [0.2, 0.25) is 0 Å². The Balaban J connectivity index is 2.68. The second-order valence-electron chi connectivity index (χ2n) is 4.77. The zero-order chi connectivity index (χ0) is 15.6. The molecule has 0 aliphatic heterocycles. The molecule has 0 spiro atoms. The first-order valence-corrected chi connectivity index (χ1v) is 6.30. The normalized spacial score (nSPS) is 13.6. The summed E-state index contributed by atoms with van der Waals surface area (Å²) in [6.45, 7) is 1.43. The van der Waals surface area contributed by atoms with Crippen molar-refractivity contribution >= 4 is 0 Å². The average molecular weight is 294 g/mol. The Bertz CT molecular complexity index is 611. The van der Waals surface area contributed by atoms with Crippen molar-refractivity contribution in [2.75, 3.05) is 14.2 Å². The standard InChI is InChI=1S/C16H16F2O3/c1-16(19,10-7-11(17)9-12(18)8-10)15-13(20-2)5-4-6-14(15)21-3/h4-9,19H,1-3H3. The van der Waals surface area contributed by atoms with Gasteiger partial charge in [-0.05, 0) is 36.8 Å². The Morgan fingerprint density at radius 1 is 0.952 bits per heavy atom. The highest BCUT2D eigenvalue weighted by atomic mass is 19.1. The highest BCUT2D eigenvalue weighted by molar-refractivity contribution is 5.52. The Kier molecular flexibility index (Phi) is 4.14. The molecule has 0 bridgehead atoms. The fourth-order valence-electron chi connectivity index (χ4n) is 2.31. The zero-order valence-electron chi connectivity index (χ0n) is 12.0. The lowest BCUT2D eigenvalue weighted by molar-refractivity contribution is 0.0948. The molecule has 1 N–H and O–H groups in total. The third kappa shape index (κ3) is 2.83. The summed E-state index contributed by atoms with van der Waals surface area (Å²) in [6.07, 6.45) is 0. The van der Waals surface area contributed by atoms with Crippen molar-refractivity contribution < 1.29 is 23.4 Å². The molecule has 0 heterocycles. The van der Waals surface area contributed by atoms with Crippen LogP contribution < -0.4 is 9.47 Å². The Morgan fingerprint density at radius 3 is 1.86 bits per heavy atom. The quantitative estimate of drug-likeness (QED) is 0.941. The first kappa shape index (κ1) is 15.3. The molecule has 0 saturated heterocycles. The van der Waals surface area contributed by atoms with Crippen LogP contribution in [0.2, 0.25) is 0 Å². The number of methoxy groups -OCH3 is 2. The van der Waals surface area contributed by atoms with E-state index in [-0.39, 0.29) is 5.56 Å². The number of halogens is 2. The van der Waals surface area contributed by atoms with E-state index in [1.165, 1.54) is 21.1 Å². The molecule has 0 radical (unpaired) electrons. The zero-order valence-corrected chi connectivity index (χ0v) is 12.0. The van der Waals surface area contributed by atoms with Gasteiger partial charge in [-0.3, -0.25) is 0 Å². The van der Waals surface area contributed by atoms with Gasteiger partial charge in [-0.1, -0.05) is 6.07 Å². The third-order valence-corrected chi connectivity index (χ3v) is 3.34. The smallest absolute Gasteiger partial charge is 0.129 e. The summed E-state index contributed by atoms with van der Waals surface area (Å²) < 4.78 is 37.3. The molecule has 5 heteroatoms. The SMILES string of the molecule is COc1cccc(OC)c1C(C)(O)c1cc(F)cc(F)c1. The molecule has 0 aliphatic carbocycles. The second-order valence-corrected chi connectivity index (χ2v) is 4.77. The van der Waals surface area contributed by atoms with Gasteiger partial charge in [0.05, 0.1) is 19.8 Å². The lowest BCUT2D eigenvalue weighted by Gasteiger charge is -2.28. The molecule has 0 amide bonds. The van der Waals surface area contributed by atoms with Crippen LogP contribution in [0.5, 0.6) is 11.5 Å². The third-order valence-electron chi connectivity index (χ3n) is 3.34. The van der Waals surface area contributed by atoms with Crippen molar-refractivity contribution in [1.29, 1.82) is 0 Å². The summed E-state index contributed by atoms with van der Waals surface area (Å²) in [5.41, 5.74) is -1.30. The fraction of sp³-hybridized carbons (Fsp3) is 0.250. The Labute approximate surface area is 121 Å². The van der Waals surface area contributed by atoms with E-state index in [4.69, 9.17) is 9.47 Å². The van der Waals surface area contributed by atoms with Gasteiger partial charge in [0.25, 0.3) is 0 Å². The molecule has 1 atom stereocenters. The van der Waals surface area contributed by atoms with E-state index in [1.54, 1.807) is 18.2 Å². The lowest BCUT2D eigenvalue weighted by Crippen LogP contribution is -2.25. The maximum absolute atomic E-state index is 13.4. The summed E-state index contributed by atoms with van der Waals surface area (Å²) in [6, 6.07) is 7.89. The van der Waals surface area contributed by atoms with Gasteiger partial charge in [0, 0.05) is 6.07 Å². The molecule has 0 aliphatic rings. The summed E-state index contributed by atoms with van der Waals surface area (Å²) >= 11 is 0. The van der Waals surface area contributed by atoms with Crippen molar-refractivity contribution in [2.24, 2.45) is 0 Å². The maximum atomic E-state index is 13.4. The predicted octanol–water partition coefficient (Wildman–Crippen LogP) is 3.24. The Morgan fingerprint density at radius 2 is 1.43 bits per heavy atom. The molecule has 0 fully saturated rings. The van der Waals surface area contributed by atoms with Gasteiger partial charge in [-0.25, -0.2) is 8.78 Å². The molecule has 2 aromatic rings. The van der Waals surface area contributed by atoms with Gasteiger partial charge < -0.3 is 14.6 Å². The number of rotatable bonds is 4. The second kappa shape index (κ2) is 5.69. The monoisotopic (exact) mass is 294 g/mol. The summed E-state index contributed by atoms with van der Waals surface area (Å²) in [7, 11) is 2.89. The molecular formula is C16H16F2O3. The minimum atomic E-state index is -1.68. The van der Waals surface area contributed by atoms with Crippen molar-refractivity contribution in [3.63, 3.8) is 0 Å². The maximum Gasteiger partial charge on any atom is 0.129 e. The molecule has 0 saturated carbocycles. The minimum Gasteiger partial charge on any atom is -0.496 e. The predicted molar refractivity (Wildman–Crippen MR) is 74.6 cm³/mol. The van der Waals surface area contributed by atoms with Gasteiger partial charge in [0.1, 0.15) is 28.7 Å². The average Bonchev–Trinajstić information content (AvgIpc) is 2.45. The van der Waals surface area contributed by atoms with Crippen molar-refractivity contribution in [3.05, 3.63) is 59.2 Å². The van der Waals surface area contributed by atoms with Crippen LogP contribution in [0.25, 0.3) is 0 Å². The van der Waals surface area contributed by atoms with E-state index >= 15 is 0 Å². The van der Waals surface area contributed by atoms with Crippen LogP contribution in [0, 0.1) is 11.6 Å². The number of hydrogen-bond acceptors (Lipinski definition) is 3. The molecule has 2 aromatic carbocycles. The van der Waals surface area contributed by atoms with Crippen molar-refractivity contribution in [1.82, 2.24) is 0 Å². The first-order chi connectivity index (χ1) is 9.90. The number of aliphatic hydroxyl groups is 1. The molecule has 2 rings (SSSR count). The van der Waals surface area contributed by atoms with Crippen LogP contribution in [0.15, 0.2) is 36.4 Å².